The van der Waals surface area contributed by atoms with Gasteiger partial charge in [-0.1, -0.05) is 35.4 Å². The SMILES string of the molecule is CCOC(=O)c1cnc(C(C)N2CCN(S(=O)(=O)c3ccc(OC)cc3)CC2)[nH]c1=O.CCOC(=O)c1cnc(C(C)N2CCN(S(=O)(=O)c3ccc(OC)cc3)CC2)nc1OC1CCCC1.IC1CCCC1. The van der Waals surface area contributed by atoms with Crippen molar-refractivity contribution >= 4 is 54.6 Å². The number of benzene rings is 2. The van der Waals surface area contributed by atoms with Crippen molar-refractivity contribution in [1.29, 1.82) is 0 Å². The molecule has 4 fully saturated rings. The molecule has 4 heterocycles. The number of nitrogens with one attached hydrogen (secondary N) is 1. The molecule has 2 aliphatic carbocycles. The molecule has 1 N–H and O–H groups in total. The number of hydrogen-bond acceptors (Lipinski definition) is 17. The number of aromatic amines is 1. The van der Waals surface area contributed by atoms with Gasteiger partial charge in [-0.15, -0.1) is 0 Å². The molecule has 4 aliphatic rings. The lowest BCUT2D eigenvalue weighted by molar-refractivity contribution is 0.0509. The monoisotopic (exact) mass is 1160 g/mol. The Balaban J connectivity index is 0.000000215. The highest BCUT2D eigenvalue weighted by Crippen LogP contribution is 2.30. The third kappa shape index (κ3) is 15.2. The number of aromatic nitrogens is 4. The molecule has 20 nitrogen and oxygen atoms in total. The van der Waals surface area contributed by atoms with Gasteiger partial charge in [-0.3, -0.25) is 14.6 Å². The van der Waals surface area contributed by atoms with Crippen molar-refractivity contribution in [2.24, 2.45) is 0 Å². The fourth-order valence-corrected chi connectivity index (χ4v) is 12.6. The van der Waals surface area contributed by atoms with E-state index in [1.165, 1.54) is 65.9 Å². The number of esters is 2. The predicted octanol–water partition coefficient (Wildman–Crippen LogP) is 6.44. The van der Waals surface area contributed by atoms with E-state index < -0.39 is 37.5 Å². The van der Waals surface area contributed by atoms with E-state index in [9.17, 15) is 31.2 Å². The zero-order valence-electron chi connectivity index (χ0n) is 42.5. The molecule has 0 amide bonds. The van der Waals surface area contributed by atoms with Gasteiger partial charge in [0.15, 0.2) is 0 Å². The Morgan fingerprint density at radius 3 is 1.52 bits per heavy atom. The highest BCUT2D eigenvalue weighted by molar-refractivity contribution is 14.1. The molecule has 2 unspecified atom stereocenters. The van der Waals surface area contributed by atoms with Crippen molar-refractivity contribution in [3.05, 3.63) is 94.1 Å². The molecule has 2 aromatic carbocycles. The molecule has 23 heteroatoms. The summed E-state index contributed by atoms with van der Waals surface area (Å²) in [5.41, 5.74) is -0.473. The van der Waals surface area contributed by atoms with Crippen LogP contribution >= 0.6 is 22.6 Å². The lowest BCUT2D eigenvalue weighted by Gasteiger charge is -2.36. The van der Waals surface area contributed by atoms with Crippen LogP contribution in [0, 0.1) is 0 Å². The second kappa shape index (κ2) is 27.1. The van der Waals surface area contributed by atoms with Gasteiger partial charge >= 0.3 is 11.9 Å². The lowest BCUT2D eigenvalue weighted by Crippen LogP contribution is -2.49. The van der Waals surface area contributed by atoms with E-state index in [1.54, 1.807) is 57.4 Å². The van der Waals surface area contributed by atoms with E-state index in [-0.39, 0.29) is 58.2 Å². The Kier molecular flexibility index (Phi) is 21.4. The summed E-state index contributed by atoms with van der Waals surface area (Å²) in [7, 11) is -4.13. The quantitative estimate of drug-likeness (QED) is 0.0722. The first kappa shape index (κ1) is 57.5. The number of piperazine rings is 2. The van der Waals surface area contributed by atoms with Crippen molar-refractivity contribution in [3.63, 3.8) is 0 Å². The maximum atomic E-state index is 13.1. The number of nitrogens with zero attached hydrogens (tertiary/aromatic N) is 7. The fourth-order valence-electron chi connectivity index (χ4n) is 8.83. The van der Waals surface area contributed by atoms with E-state index in [0.717, 1.165) is 29.6 Å². The molecule has 8 rings (SSSR count). The lowest BCUT2D eigenvalue weighted by atomic mass is 10.2. The Morgan fingerprint density at radius 1 is 0.658 bits per heavy atom. The highest BCUT2D eigenvalue weighted by atomic mass is 127. The minimum absolute atomic E-state index is 0.0305. The smallest absolute Gasteiger partial charge is 0.345 e. The molecule has 4 aromatic rings. The Bertz CT molecular complexity index is 2710. The molecule has 2 saturated heterocycles. The van der Waals surface area contributed by atoms with Crippen molar-refractivity contribution < 1.29 is 50.1 Å². The molecular formula is C50H69IN8O12S2. The number of rotatable bonds is 16. The molecule has 0 bridgehead atoms. The number of hydrogen-bond donors (Lipinski definition) is 1. The Hall–Kier alpha value is -4.79. The van der Waals surface area contributed by atoms with Gasteiger partial charge in [0, 0.05) is 68.7 Å². The van der Waals surface area contributed by atoms with Crippen LogP contribution in [0.1, 0.15) is 124 Å². The zero-order chi connectivity index (χ0) is 52.7. The van der Waals surface area contributed by atoms with Crippen LogP contribution in [0.3, 0.4) is 0 Å². The zero-order valence-corrected chi connectivity index (χ0v) is 46.3. The largest absolute Gasteiger partial charge is 0.497 e. The van der Waals surface area contributed by atoms with Crippen LogP contribution in [-0.2, 0) is 29.5 Å². The number of alkyl halides is 1. The number of halogens is 1. The highest BCUT2D eigenvalue weighted by Gasteiger charge is 2.34. The van der Waals surface area contributed by atoms with Crippen LogP contribution in [0.2, 0.25) is 0 Å². The Labute approximate surface area is 442 Å². The van der Waals surface area contributed by atoms with Gasteiger partial charge in [0.2, 0.25) is 25.9 Å². The van der Waals surface area contributed by atoms with Crippen molar-refractivity contribution in [2.75, 3.05) is 79.8 Å². The van der Waals surface area contributed by atoms with Crippen LogP contribution in [0.4, 0.5) is 0 Å². The summed E-state index contributed by atoms with van der Waals surface area (Å²) in [5, 5.41) is 0. The van der Waals surface area contributed by atoms with Crippen LogP contribution in [0.25, 0.3) is 0 Å². The van der Waals surface area contributed by atoms with E-state index in [2.05, 4.69) is 47.4 Å². The third-order valence-electron chi connectivity index (χ3n) is 13.3. The molecule has 0 spiro atoms. The van der Waals surface area contributed by atoms with Crippen molar-refractivity contribution in [3.8, 4) is 17.4 Å². The summed E-state index contributed by atoms with van der Waals surface area (Å²) >= 11 is 2.53. The Morgan fingerprint density at radius 2 is 1.10 bits per heavy atom. The van der Waals surface area contributed by atoms with Crippen LogP contribution in [-0.4, -0.2) is 157 Å². The van der Waals surface area contributed by atoms with E-state index in [0.29, 0.717) is 75.5 Å². The number of carbonyl (C=O) groups is 2. The van der Waals surface area contributed by atoms with E-state index in [1.807, 2.05) is 18.7 Å². The van der Waals surface area contributed by atoms with Gasteiger partial charge in [-0.25, -0.2) is 36.4 Å². The van der Waals surface area contributed by atoms with Gasteiger partial charge in [0.1, 0.15) is 40.4 Å². The molecule has 73 heavy (non-hydrogen) atoms. The van der Waals surface area contributed by atoms with E-state index >= 15 is 0 Å². The first-order valence-electron chi connectivity index (χ1n) is 24.9. The molecule has 400 valence electrons. The van der Waals surface area contributed by atoms with E-state index in [4.69, 9.17) is 23.7 Å². The maximum absolute atomic E-state index is 13.1. The molecular weight excluding hydrogens is 1100 g/mol. The third-order valence-corrected chi connectivity index (χ3v) is 18.3. The first-order valence-corrected chi connectivity index (χ1v) is 29.0. The summed E-state index contributed by atoms with van der Waals surface area (Å²) < 4.78 is 82.2. The molecule has 2 aromatic heterocycles. The minimum Gasteiger partial charge on any atom is -0.497 e. The van der Waals surface area contributed by atoms with Gasteiger partial charge in [-0.2, -0.15) is 13.6 Å². The topological polar surface area (TPSA) is 233 Å². The molecule has 0 radical (unpaired) electrons. The molecule has 2 atom stereocenters. The summed E-state index contributed by atoms with van der Waals surface area (Å²) in [6.45, 7) is 11.0. The maximum Gasteiger partial charge on any atom is 0.345 e. The molecule has 2 aliphatic heterocycles. The fraction of sp³-hybridized carbons (Fsp3) is 0.560. The van der Waals surface area contributed by atoms with Crippen LogP contribution < -0.4 is 19.8 Å². The van der Waals surface area contributed by atoms with Crippen LogP contribution in [0.15, 0.2) is 75.5 Å². The second-order valence-electron chi connectivity index (χ2n) is 17.9. The summed E-state index contributed by atoms with van der Waals surface area (Å²) in [4.78, 5) is 57.0. The van der Waals surface area contributed by atoms with Crippen LogP contribution in [0.5, 0.6) is 17.4 Å². The number of H-pyrrole nitrogens is 1. The minimum atomic E-state index is -3.60. The second-order valence-corrected chi connectivity index (χ2v) is 23.5. The molecule has 2 saturated carbocycles. The normalized spacial score (nSPS) is 18.3. The average molecular weight is 1170 g/mol. The number of sulfonamides is 2. The van der Waals surface area contributed by atoms with Crippen molar-refractivity contribution in [2.45, 2.75) is 111 Å². The van der Waals surface area contributed by atoms with Gasteiger partial charge in [0.25, 0.3) is 5.56 Å². The average Bonchev–Trinajstić information content (AvgIpc) is 4.13. The summed E-state index contributed by atoms with van der Waals surface area (Å²) in [5.74, 6) is 1.19. The first-order chi connectivity index (χ1) is 35.0. The predicted molar refractivity (Wildman–Crippen MR) is 281 cm³/mol. The van der Waals surface area contributed by atoms with Gasteiger partial charge in [0.05, 0.1) is 49.3 Å². The number of methoxy groups -OCH3 is 2. The van der Waals surface area contributed by atoms with Gasteiger partial charge < -0.3 is 28.7 Å². The number of ether oxygens (including phenoxy) is 5. The standard InChI is InChI=1S/C25H34N4O6S.C20H26N4O6S.C5H9I/c1-4-34-25(30)22-17-26-23(27-24(22)35-20-7-5-6-8-20)18(2)28-13-15-29(16-14-28)36(31,32)21-11-9-19(33-3)10-12-21;1-4-30-20(26)17-13-21-18(22-19(17)25)14(2)23-9-11-24(12-10-23)31(27,28)16-7-5-15(29-3)6-8-16;6-5-3-1-2-4-5/h9-12,17-18,20H,4-8,13-16H2,1-3H3;5-8,13-14H,4,9-12H2,1-3H3,(H,21,22,25);5H,1-4H2. The van der Waals surface area contributed by atoms with Crippen molar-refractivity contribution in [1.82, 2.24) is 38.3 Å². The summed E-state index contributed by atoms with van der Waals surface area (Å²) in [6.07, 6.45) is 12.7. The summed E-state index contributed by atoms with van der Waals surface area (Å²) in [6, 6.07) is 12.3. The van der Waals surface area contributed by atoms with Gasteiger partial charge in [-0.05, 0) is 115 Å². The number of carbonyl (C=O) groups excluding carboxylic acids is 2.